The van der Waals surface area contributed by atoms with Crippen LogP contribution in [0, 0.1) is 0 Å². The van der Waals surface area contributed by atoms with Crippen molar-refractivity contribution in [2.75, 3.05) is 11.4 Å². The topological polar surface area (TPSA) is 50.2 Å². The molecule has 1 N–H and O–H groups in total. The van der Waals surface area contributed by atoms with E-state index in [0.29, 0.717) is 6.04 Å². The van der Waals surface area contributed by atoms with Gasteiger partial charge in [-0.3, -0.25) is 9.48 Å². The minimum absolute atomic E-state index is 0.0210. The summed E-state index contributed by atoms with van der Waals surface area (Å²) < 4.78 is 1.73. The molecule has 1 aliphatic heterocycles. The van der Waals surface area contributed by atoms with Gasteiger partial charge in [0.15, 0.2) is 0 Å². The number of nitrogens with one attached hydrogen (secondary N) is 1. The number of amides is 1. The van der Waals surface area contributed by atoms with Gasteiger partial charge in [0.2, 0.25) is 5.91 Å². The van der Waals surface area contributed by atoms with E-state index >= 15 is 0 Å². The number of anilines is 1. The average molecular weight is 220 g/mol. The van der Waals surface area contributed by atoms with Crippen LogP contribution in [0.1, 0.15) is 19.3 Å². The molecule has 0 bridgehead atoms. The molecule has 5 heteroatoms. The van der Waals surface area contributed by atoms with Gasteiger partial charge in [0.25, 0.3) is 0 Å². The first-order valence-corrected chi connectivity index (χ1v) is 5.80. The van der Waals surface area contributed by atoms with E-state index in [-0.39, 0.29) is 11.9 Å². The molecule has 1 amide bonds. The molecule has 1 aromatic rings. The van der Waals surface area contributed by atoms with Crippen LogP contribution in [0.25, 0.3) is 0 Å². The predicted octanol–water partition coefficient (Wildman–Crippen LogP) is 0.277. The number of carbonyl (C=O) groups excluding carboxylic acids is 1. The van der Waals surface area contributed by atoms with Gasteiger partial charge in [-0.05, 0) is 19.3 Å². The van der Waals surface area contributed by atoms with Crippen LogP contribution in [-0.2, 0) is 11.8 Å². The smallest absolute Gasteiger partial charge is 0.244 e. The van der Waals surface area contributed by atoms with Crippen molar-refractivity contribution in [3.63, 3.8) is 0 Å². The van der Waals surface area contributed by atoms with Crippen molar-refractivity contribution in [3.05, 3.63) is 12.4 Å². The molecule has 1 atom stereocenters. The van der Waals surface area contributed by atoms with Crippen molar-refractivity contribution in [2.45, 2.75) is 31.3 Å². The average Bonchev–Trinajstić information content (AvgIpc) is 2.87. The van der Waals surface area contributed by atoms with E-state index in [4.69, 9.17) is 0 Å². The SMILES string of the molecule is Cn1cc(N2CCC(NC3CC3)C2=O)cn1. The minimum atomic E-state index is 0.0210. The third kappa shape index (κ3) is 1.71. The lowest BCUT2D eigenvalue weighted by atomic mass is 10.2. The Kier molecular flexibility index (Phi) is 2.21. The summed E-state index contributed by atoms with van der Waals surface area (Å²) in [5, 5.41) is 7.49. The lowest BCUT2D eigenvalue weighted by molar-refractivity contribution is -0.118. The number of aryl methyl sites for hydroxylation is 1. The Morgan fingerprint density at radius 1 is 1.44 bits per heavy atom. The normalized spacial score (nSPS) is 25.4. The van der Waals surface area contributed by atoms with Gasteiger partial charge in [-0.2, -0.15) is 5.10 Å². The second-order valence-electron chi connectivity index (χ2n) is 4.64. The highest BCUT2D eigenvalue weighted by Crippen LogP contribution is 2.25. The Morgan fingerprint density at radius 2 is 2.25 bits per heavy atom. The quantitative estimate of drug-likeness (QED) is 0.796. The minimum Gasteiger partial charge on any atom is -0.308 e. The molecule has 1 saturated heterocycles. The van der Waals surface area contributed by atoms with Gasteiger partial charge in [0.05, 0.1) is 17.9 Å². The molecule has 0 aromatic carbocycles. The van der Waals surface area contributed by atoms with Crippen LogP contribution < -0.4 is 10.2 Å². The van der Waals surface area contributed by atoms with E-state index in [1.165, 1.54) is 12.8 Å². The number of hydrogen-bond acceptors (Lipinski definition) is 3. The molecule has 86 valence electrons. The zero-order valence-corrected chi connectivity index (χ0v) is 9.39. The Hall–Kier alpha value is -1.36. The van der Waals surface area contributed by atoms with E-state index in [9.17, 15) is 4.79 Å². The van der Waals surface area contributed by atoms with E-state index in [1.54, 1.807) is 10.9 Å². The van der Waals surface area contributed by atoms with Gasteiger partial charge in [0.1, 0.15) is 0 Å². The molecular weight excluding hydrogens is 204 g/mol. The Morgan fingerprint density at radius 3 is 2.88 bits per heavy atom. The summed E-state index contributed by atoms with van der Waals surface area (Å²) in [6.07, 6.45) is 6.98. The number of hydrogen-bond donors (Lipinski definition) is 1. The molecule has 2 fully saturated rings. The van der Waals surface area contributed by atoms with E-state index in [1.807, 2.05) is 18.1 Å². The number of aromatic nitrogens is 2. The number of nitrogens with zero attached hydrogens (tertiary/aromatic N) is 3. The number of carbonyl (C=O) groups is 1. The van der Waals surface area contributed by atoms with Crippen molar-refractivity contribution in [2.24, 2.45) is 7.05 Å². The second-order valence-corrected chi connectivity index (χ2v) is 4.64. The van der Waals surface area contributed by atoms with Crippen LogP contribution >= 0.6 is 0 Å². The molecule has 16 heavy (non-hydrogen) atoms. The molecular formula is C11H16N4O. The summed E-state index contributed by atoms with van der Waals surface area (Å²) >= 11 is 0. The van der Waals surface area contributed by atoms with Gasteiger partial charge in [-0.15, -0.1) is 0 Å². The lowest BCUT2D eigenvalue weighted by Crippen LogP contribution is -2.39. The summed E-state index contributed by atoms with van der Waals surface area (Å²) in [5.74, 6) is 0.194. The highest BCUT2D eigenvalue weighted by molar-refractivity contribution is 5.99. The molecule has 1 unspecified atom stereocenters. The highest BCUT2D eigenvalue weighted by atomic mass is 16.2. The zero-order valence-electron chi connectivity index (χ0n) is 9.39. The van der Waals surface area contributed by atoms with Gasteiger partial charge in [0, 0.05) is 25.8 Å². The molecule has 0 radical (unpaired) electrons. The second kappa shape index (κ2) is 3.59. The Labute approximate surface area is 94.4 Å². The van der Waals surface area contributed by atoms with E-state index in [2.05, 4.69) is 10.4 Å². The largest absolute Gasteiger partial charge is 0.308 e. The van der Waals surface area contributed by atoms with Crippen molar-refractivity contribution in [1.82, 2.24) is 15.1 Å². The van der Waals surface area contributed by atoms with Crippen LogP contribution in [-0.4, -0.2) is 34.3 Å². The summed E-state index contributed by atoms with van der Waals surface area (Å²) in [6, 6.07) is 0.607. The van der Waals surface area contributed by atoms with Crippen molar-refractivity contribution >= 4 is 11.6 Å². The maximum Gasteiger partial charge on any atom is 0.244 e. The van der Waals surface area contributed by atoms with Gasteiger partial charge >= 0.3 is 0 Å². The molecule has 5 nitrogen and oxygen atoms in total. The van der Waals surface area contributed by atoms with Crippen LogP contribution in [0.4, 0.5) is 5.69 Å². The Bertz CT molecular complexity index is 410. The van der Waals surface area contributed by atoms with Gasteiger partial charge in [-0.1, -0.05) is 0 Å². The first-order chi connectivity index (χ1) is 7.74. The van der Waals surface area contributed by atoms with Gasteiger partial charge in [-0.25, -0.2) is 0 Å². The monoisotopic (exact) mass is 220 g/mol. The van der Waals surface area contributed by atoms with E-state index < -0.39 is 0 Å². The van der Waals surface area contributed by atoms with Crippen LogP contribution in [0.5, 0.6) is 0 Å². The maximum absolute atomic E-state index is 12.1. The maximum atomic E-state index is 12.1. The van der Waals surface area contributed by atoms with Crippen molar-refractivity contribution in [3.8, 4) is 0 Å². The fourth-order valence-corrected chi connectivity index (χ4v) is 2.17. The van der Waals surface area contributed by atoms with Crippen LogP contribution in [0.3, 0.4) is 0 Å². The van der Waals surface area contributed by atoms with Gasteiger partial charge < -0.3 is 10.2 Å². The summed E-state index contributed by atoms with van der Waals surface area (Å²) in [5.41, 5.74) is 0.910. The van der Waals surface area contributed by atoms with Crippen LogP contribution in [0.15, 0.2) is 12.4 Å². The molecule has 2 aliphatic rings. The molecule has 3 rings (SSSR count). The third-order valence-corrected chi connectivity index (χ3v) is 3.22. The first kappa shape index (κ1) is 9.84. The standard InChI is InChI=1S/C11H16N4O/c1-14-7-9(6-12-14)15-5-4-10(11(15)16)13-8-2-3-8/h6-8,10,13H,2-5H2,1H3. The predicted molar refractivity (Wildman–Crippen MR) is 60.1 cm³/mol. The molecule has 1 aromatic heterocycles. The molecule has 0 spiro atoms. The molecule has 1 saturated carbocycles. The molecule has 1 aliphatic carbocycles. The molecule has 2 heterocycles. The number of rotatable bonds is 3. The highest BCUT2D eigenvalue weighted by Gasteiger charge is 2.36. The van der Waals surface area contributed by atoms with E-state index in [0.717, 1.165) is 18.7 Å². The van der Waals surface area contributed by atoms with Crippen molar-refractivity contribution < 1.29 is 4.79 Å². The zero-order chi connectivity index (χ0) is 11.1. The lowest BCUT2D eigenvalue weighted by Gasteiger charge is -2.14. The fourth-order valence-electron chi connectivity index (χ4n) is 2.17. The Balaban J connectivity index is 1.71. The van der Waals surface area contributed by atoms with Crippen LogP contribution in [0.2, 0.25) is 0 Å². The first-order valence-electron chi connectivity index (χ1n) is 5.80. The van der Waals surface area contributed by atoms with Crippen molar-refractivity contribution in [1.29, 1.82) is 0 Å². The summed E-state index contributed by atoms with van der Waals surface area (Å²) in [6.45, 7) is 0.801. The third-order valence-electron chi connectivity index (χ3n) is 3.22. The fraction of sp³-hybridized carbons (Fsp3) is 0.636. The summed E-state index contributed by atoms with van der Waals surface area (Å²) in [7, 11) is 1.87. The summed E-state index contributed by atoms with van der Waals surface area (Å²) in [4.78, 5) is 13.9.